The lowest BCUT2D eigenvalue weighted by molar-refractivity contribution is 0.217. The van der Waals surface area contributed by atoms with Gasteiger partial charge in [0, 0.05) is 11.6 Å². The largest absolute Gasteiger partial charge is 0.317 e. The van der Waals surface area contributed by atoms with Crippen molar-refractivity contribution < 1.29 is 8.78 Å². The summed E-state index contributed by atoms with van der Waals surface area (Å²) in [7, 11) is 1.93. The van der Waals surface area contributed by atoms with E-state index in [0.717, 1.165) is 12.8 Å². The molecule has 0 bridgehead atoms. The van der Waals surface area contributed by atoms with E-state index in [1.807, 2.05) is 7.05 Å². The topological polar surface area (TPSA) is 12.0 Å². The van der Waals surface area contributed by atoms with Crippen molar-refractivity contribution in [3.8, 4) is 0 Å². The molecule has 0 saturated heterocycles. The van der Waals surface area contributed by atoms with Gasteiger partial charge in [0.05, 0.1) is 4.47 Å². The first kappa shape index (κ1) is 14.9. The van der Waals surface area contributed by atoms with Gasteiger partial charge in [-0.25, -0.2) is 8.78 Å². The Balaban J connectivity index is 2.21. The molecule has 0 heterocycles. The lowest BCUT2D eigenvalue weighted by Crippen LogP contribution is -2.39. The van der Waals surface area contributed by atoms with Crippen molar-refractivity contribution in [2.24, 2.45) is 11.8 Å². The van der Waals surface area contributed by atoms with Crippen LogP contribution in [0.5, 0.6) is 0 Å². The van der Waals surface area contributed by atoms with Gasteiger partial charge >= 0.3 is 0 Å². The van der Waals surface area contributed by atoms with Gasteiger partial charge in [-0.1, -0.05) is 6.92 Å². The van der Waals surface area contributed by atoms with Gasteiger partial charge in [0.1, 0.15) is 11.6 Å². The molecule has 0 aliphatic heterocycles. The first-order valence-electron chi connectivity index (χ1n) is 6.82. The molecule has 19 heavy (non-hydrogen) atoms. The van der Waals surface area contributed by atoms with Gasteiger partial charge in [0.25, 0.3) is 0 Å². The fourth-order valence-corrected chi connectivity index (χ4v) is 3.49. The molecule has 1 aliphatic carbocycles. The van der Waals surface area contributed by atoms with Crippen molar-refractivity contribution in [3.05, 3.63) is 33.8 Å². The summed E-state index contributed by atoms with van der Waals surface area (Å²) in [6.45, 7) is 2.21. The maximum Gasteiger partial charge on any atom is 0.143 e. The van der Waals surface area contributed by atoms with Crippen LogP contribution in [-0.2, 0) is 6.42 Å². The minimum atomic E-state index is -0.451. The summed E-state index contributed by atoms with van der Waals surface area (Å²) >= 11 is 3.13. The van der Waals surface area contributed by atoms with Crippen LogP contribution in [0.25, 0.3) is 0 Å². The molecule has 2 rings (SSSR count). The second-order valence-corrected chi connectivity index (χ2v) is 6.45. The quantitative estimate of drug-likeness (QED) is 0.814. The number of halogens is 3. The molecule has 0 amide bonds. The Morgan fingerprint density at radius 1 is 1.32 bits per heavy atom. The molecule has 1 saturated carbocycles. The Morgan fingerprint density at radius 2 is 2.05 bits per heavy atom. The average molecular weight is 332 g/mol. The van der Waals surface area contributed by atoms with E-state index in [1.165, 1.54) is 18.6 Å². The van der Waals surface area contributed by atoms with Gasteiger partial charge in [0.2, 0.25) is 0 Å². The van der Waals surface area contributed by atoms with E-state index in [0.29, 0.717) is 28.8 Å². The van der Waals surface area contributed by atoms with Crippen LogP contribution < -0.4 is 5.32 Å². The van der Waals surface area contributed by atoms with Crippen LogP contribution >= 0.6 is 15.9 Å². The van der Waals surface area contributed by atoms with Crippen LogP contribution in [0, 0.1) is 23.5 Å². The van der Waals surface area contributed by atoms with Crippen molar-refractivity contribution in [1.82, 2.24) is 5.32 Å². The second-order valence-electron chi connectivity index (χ2n) is 5.60. The highest BCUT2D eigenvalue weighted by atomic mass is 79.9. The van der Waals surface area contributed by atoms with Crippen LogP contribution in [-0.4, -0.2) is 13.1 Å². The molecule has 1 aromatic rings. The second kappa shape index (κ2) is 6.31. The summed E-state index contributed by atoms with van der Waals surface area (Å²) in [5.41, 5.74) is 0.216. The summed E-state index contributed by atoms with van der Waals surface area (Å²) in [4.78, 5) is 0. The Hall–Kier alpha value is -0.480. The molecule has 3 atom stereocenters. The molecule has 4 heteroatoms. The third-order valence-corrected chi connectivity index (χ3v) is 4.83. The van der Waals surface area contributed by atoms with Gasteiger partial charge in [-0.05, 0) is 72.6 Å². The van der Waals surface area contributed by atoms with Crippen molar-refractivity contribution in [2.45, 2.75) is 38.6 Å². The molecule has 1 nitrogen and oxygen atoms in total. The van der Waals surface area contributed by atoms with E-state index in [9.17, 15) is 8.78 Å². The highest BCUT2D eigenvalue weighted by molar-refractivity contribution is 9.10. The van der Waals surface area contributed by atoms with Crippen molar-refractivity contribution in [1.29, 1.82) is 0 Å². The summed E-state index contributed by atoms with van der Waals surface area (Å²) < 4.78 is 28.2. The Kier molecular flexibility index (Phi) is 4.96. The highest BCUT2D eigenvalue weighted by Crippen LogP contribution is 2.33. The number of rotatable bonds is 3. The molecule has 0 radical (unpaired) electrons. The van der Waals surface area contributed by atoms with E-state index in [2.05, 4.69) is 28.2 Å². The number of hydrogen-bond donors (Lipinski definition) is 1. The van der Waals surface area contributed by atoms with Crippen LogP contribution in [0.3, 0.4) is 0 Å². The Morgan fingerprint density at radius 3 is 2.74 bits per heavy atom. The first-order chi connectivity index (χ1) is 9.02. The van der Waals surface area contributed by atoms with Crippen LogP contribution in [0.4, 0.5) is 8.78 Å². The average Bonchev–Trinajstić information content (AvgIpc) is 2.39. The molecule has 106 valence electrons. The van der Waals surface area contributed by atoms with Crippen LogP contribution in [0.15, 0.2) is 16.6 Å². The van der Waals surface area contributed by atoms with Crippen molar-refractivity contribution in [2.75, 3.05) is 7.05 Å². The standard InChI is InChI=1S/C15H20BrF2N/c1-9-3-6-14(19-2)10(7-9)8-11-13(17)5-4-12(16)15(11)18/h4-5,9-10,14,19H,3,6-8H2,1-2H3. The number of nitrogens with one attached hydrogen (secondary N) is 1. The summed E-state index contributed by atoms with van der Waals surface area (Å²) in [6.07, 6.45) is 3.76. The van der Waals surface area contributed by atoms with E-state index in [-0.39, 0.29) is 5.56 Å². The fourth-order valence-electron chi connectivity index (χ4n) is 3.12. The molecule has 3 unspecified atom stereocenters. The zero-order valence-electron chi connectivity index (χ0n) is 11.3. The van der Waals surface area contributed by atoms with E-state index in [1.54, 1.807) is 0 Å². The van der Waals surface area contributed by atoms with E-state index < -0.39 is 11.6 Å². The fraction of sp³-hybridized carbons (Fsp3) is 0.600. The molecule has 0 spiro atoms. The van der Waals surface area contributed by atoms with Gasteiger partial charge in [-0.3, -0.25) is 0 Å². The minimum Gasteiger partial charge on any atom is -0.317 e. The third-order valence-electron chi connectivity index (χ3n) is 4.22. The molecule has 1 aromatic carbocycles. The van der Waals surface area contributed by atoms with Gasteiger partial charge < -0.3 is 5.32 Å². The maximum absolute atomic E-state index is 14.0. The zero-order chi connectivity index (χ0) is 14.0. The molecule has 1 N–H and O–H groups in total. The summed E-state index contributed by atoms with van der Waals surface area (Å²) in [6, 6.07) is 3.12. The molecule has 0 aromatic heterocycles. The maximum atomic E-state index is 14.0. The van der Waals surface area contributed by atoms with E-state index >= 15 is 0 Å². The van der Waals surface area contributed by atoms with Crippen LogP contribution in [0.2, 0.25) is 0 Å². The highest BCUT2D eigenvalue weighted by Gasteiger charge is 2.29. The third kappa shape index (κ3) is 3.34. The van der Waals surface area contributed by atoms with Gasteiger partial charge in [-0.2, -0.15) is 0 Å². The summed E-state index contributed by atoms with van der Waals surface area (Å²) in [5, 5.41) is 3.29. The lowest BCUT2D eigenvalue weighted by Gasteiger charge is -2.35. The Labute approximate surface area is 121 Å². The normalized spacial score (nSPS) is 27.5. The van der Waals surface area contributed by atoms with Gasteiger partial charge in [0.15, 0.2) is 0 Å². The van der Waals surface area contributed by atoms with Crippen molar-refractivity contribution in [3.63, 3.8) is 0 Å². The first-order valence-corrected chi connectivity index (χ1v) is 7.61. The minimum absolute atomic E-state index is 0.216. The molecule has 1 fully saturated rings. The SMILES string of the molecule is CNC1CCC(C)CC1Cc1c(F)ccc(Br)c1F. The predicted molar refractivity (Wildman–Crippen MR) is 77.1 cm³/mol. The van der Waals surface area contributed by atoms with Crippen LogP contribution in [0.1, 0.15) is 31.7 Å². The molecular weight excluding hydrogens is 312 g/mol. The number of benzene rings is 1. The van der Waals surface area contributed by atoms with E-state index in [4.69, 9.17) is 0 Å². The number of hydrogen-bond acceptors (Lipinski definition) is 1. The summed E-state index contributed by atoms with van der Waals surface area (Å²) in [5.74, 6) is 0.0433. The predicted octanol–water partition coefficient (Wildman–Crippen LogP) is 4.29. The smallest absolute Gasteiger partial charge is 0.143 e. The van der Waals surface area contributed by atoms with Gasteiger partial charge in [-0.15, -0.1) is 0 Å². The zero-order valence-corrected chi connectivity index (χ0v) is 12.9. The van der Waals surface area contributed by atoms with Crippen molar-refractivity contribution >= 4 is 15.9 Å². The lowest BCUT2D eigenvalue weighted by atomic mass is 9.76. The molecule has 1 aliphatic rings. The Bertz CT molecular complexity index is 450. The monoisotopic (exact) mass is 331 g/mol. The molecular formula is C15H20BrF2N.